The molecule has 0 bridgehead atoms. The minimum Gasteiger partial charge on any atom is -0.338 e. The quantitative estimate of drug-likeness (QED) is 0.572. The van der Waals surface area contributed by atoms with Crippen LogP contribution in [0.2, 0.25) is 0 Å². The fourth-order valence-corrected chi connectivity index (χ4v) is 0.540. The van der Waals surface area contributed by atoms with Crippen LogP contribution in [0.4, 0.5) is 4.79 Å². The molecule has 4 nitrogen and oxygen atoms in total. The predicted octanol–water partition coefficient (Wildman–Crippen LogP) is 0.194. The van der Waals surface area contributed by atoms with Crippen LogP contribution in [0, 0.1) is 0 Å². The Hall–Kier alpha value is -1.06. The Labute approximate surface area is 66.4 Å². The third kappa shape index (κ3) is 6.83. The zero-order valence-electron chi connectivity index (χ0n) is 6.81. The van der Waals surface area contributed by atoms with Crippen LogP contribution in [0.3, 0.4) is 0 Å². The SMILES string of the molecule is CC(C)NC(=O)NCC[C]=O. The molecule has 0 aromatic heterocycles. The van der Waals surface area contributed by atoms with Crippen LogP contribution in [-0.4, -0.2) is 24.9 Å². The van der Waals surface area contributed by atoms with Gasteiger partial charge in [-0.3, -0.25) is 4.79 Å². The van der Waals surface area contributed by atoms with E-state index < -0.39 is 0 Å². The highest BCUT2D eigenvalue weighted by Gasteiger charge is 1.99. The van der Waals surface area contributed by atoms with Gasteiger partial charge in [0.2, 0.25) is 0 Å². The van der Waals surface area contributed by atoms with Crippen LogP contribution < -0.4 is 10.6 Å². The van der Waals surface area contributed by atoms with Gasteiger partial charge >= 0.3 is 6.03 Å². The van der Waals surface area contributed by atoms with Crippen molar-refractivity contribution >= 4 is 12.3 Å². The molecule has 63 valence electrons. The molecule has 2 amide bonds. The van der Waals surface area contributed by atoms with E-state index in [0.717, 1.165) is 0 Å². The van der Waals surface area contributed by atoms with E-state index >= 15 is 0 Å². The van der Waals surface area contributed by atoms with Crippen LogP contribution in [0.25, 0.3) is 0 Å². The van der Waals surface area contributed by atoms with Gasteiger partial charge in [-0.25, -0.2) is 4.79 Å². The summed E-state index contributed by atoms with van der Waals surface area (Å²) in [6, 6.07) is -0.120. The Morgan fingerprint density at radius 2 is 2.18 bits per heavy atom. The van der Waals surface area contributed by atoms with Crippen molar-refractivity contribution in [3.8, 4) is 0 Å². The number of hydrogen-bond acceptors (Lipinski definition) is 2. The van der Waals surface area contributed by atoms with Crippen molar-refractivity contribution in [1.82, 2.24) is 10.6 Å². The van der Waals surface area contributed by atoms with Crippen LogP contribution in [0.1, 0.15) is 20.3 Å². The standard InChI is InChI=1S/C7H13N2O2/c1-6(2)9-7(11)8-4-3-5-10/h6H,3-4H2,1-2H3,(H2,8,9,11). The van der Waals surface area contributed by atoms with Crippen molar-refractivity contribution in [2.45, 2.75) is 26.3 Å². The van der Waals surface area contributed by atoms with E-state index in [1.807, 2.05) is 13.8 Å². The number of rotatable bonds is 4. The first-order valence-corrected chi connectivity index (χ1v) is 3.56. The fraction of sp³-hybridized carbons (Fsp3) is 0.714. The monoisotopic (exact) mass is 157 g/mol. The molecule has 0 aliphatic heterocycles. The topological polar surface area (TPSA) is 58.2 Å². The van der Waals surface area contributed by atoms with E-state index in [-0.39, 0.29) is 18.5 Å². The molecular formula is C7H13N2O2. The molecule has 0 saturated carbocycles. The highest BCUT2D eigenvalue weighted by Crippen LogP contribution is 1.76. The molecule has 0 aromatic carbocycles. The fourth-order valence-electron chi connectivity index (χ4n) is 0.540. The van der Waals surface area contributed by atoms with E-state index in [4.69, 9.17) is 0 Å². The number of carbonyl (C=O) groups excluding carboxylic acids is 2. The molecule has 0 saturated heterocycles. The van der Waals surface area contributed by atoms with Gasteiger partial charge in [0, 0.05) is 19.0 Å². The molecule has 1 radical (unpaired) electrons. The van der Waals surface area contributed by atoms with E-state index in [0.29, 0.717) is 6.54 Å². The van der Waals surface area contributed by atoms with E-state index in [1.54, 1.807) is 6.29 Å². The molecule has 11 heavy (non-hydrogen) atoms. The first kappa shape index (κ1) is 9.94. The summed E-state index contributed by atoms with van der Waals surface area (Å²) in [5.41, 5.74) is 0. The van der Waals surface area contributed by atoms with Crippen molar-refractivity contribution in [2.24, 2.45) is 0 Å². The maximum Gasteiger partial charge on any atom is 0.314 e. The van der Waals surface area contributed by atoms with Gasteiger partial charge in [-0.1, -0.05) is 0 Å². The third-order valence-electron chi connectivity index (χ3n) is 0.932. The van der Waals surface area contributed by atoms with E-state index in [2.05, 4.69) is 10.6 Å². The molecule has 0 fully saturated rings. The molecule has 0 spiro atoms. The molecule has 0 aliphatic carbocycles. The largest absolute Gasteiger partial charge is 0.338 e. The highest BCUT2D eigenvalue weighted by atomic mass is 16.2. The average molecular weight is 157 g/mol. The lowest BCUT2D eigenvalue weighted by molar-refractivity contribution is 0.239. The molecule has 0 heterocycles. The van der Waals surface area contributed by atoms with Crippen molar-refractivity contribution in [2.75, 3.05) is 6.54 Å². The maximum absolute atomic E-state index is 10.8. The zero-order chi connectivity index (χ0) is 8.69. The zero-order valence-corrected chi connectivity index (χ0v) is 6.81. The van der Waals surface area contributed by atoms with Crippen LogP contribution in [0.15, 0.2) is 0 Å². The van der Waals surface area contributed by atoms with Crippen molar-refractivity contribution < 1.29 is 9.59 Å². The first-order valence-electron chi connectivity index (χ1n) is 3.56. The number of carbonyl (C=O) groups is 1. The summed E-state index contributed by atoms with van der Waals surface area (Å²) in [5, 5.41) is 5.12. The smallest absolute Gasteiger partial charge is 0.314 e. The second-order valence-corrected chi connectivity index (χ2v) is 2.45. The molecule has 0 atom stereocenters. The first-order chi connectivity index (χ1) is 5.16. The number of hydrogen-bond donors (Lipinski definition) is 2. The van der Waals surface area contributed by atoms with Crippen molar-refractivity contribution in [1.29, 1.82) is 0 Å². The second kappa shape index (κ2) is 5.70. The lowest BCUT2D eigenvalue weighted by Crippen LogP contribution is -2.39. The molecule has 4 heteroatoms. The Morgan fingerprint density at radius 1 is 1.55 bits per heavy atom. The molecule has 0 unspecified atom stereocenters. The summed E-state index contributed by atoms with van der Waals surface area (Å²) in [7, 11) is 0. The Bertz CT molecular complexity index is 134. The Kier molecular flexibility index (Phi) is 5.15. The second-order valence-electron chi connectivity index (χ2n) is 2.45. The van der Waals surface area contributed by atoms with Gasteiger partial charge in [-0.15, -0.1) is 0 Å². The molecule has 0 aliphatic rings. The number of nitrogens with one attached hydrogen (secondary N) is 2. The summed E-state index contributed by atoms with van der Waals surface area (Å²) in [4.78, 5) is 20.5. The van der Waals surface area contributed by atoms with Gasteiger partial charge in [-0.2, -0.15) is 0 Å². The number of amides is 2. The van der Waals surface area contributed by atoms with Crippen molar-refractivity contribution in [3.05, 3.63) is 0 Å². The Balaban J connectivity index is 3.30. The normalized spacial score (nSPS) is 9.36. The van der Waals surface area contributed by atoms with Gasteiger partial charge in [0.25, 0.3) is 0 Å². The van der Waals surface area contributed by atoms with Crippen LogP contribution >= 0.6 is 0 Å². The molecular weight excluding hydrogens is 144 g/mol. The summed E-state index contributed by atoms with van der Waals surface area (Å²) in [6.07, 6.45) is 1.93. The summed E-state index contributed by atoms with van der Waals surface area (Å²) >= 11 is 0. The minimum atomic E-state index is -0.241. The molecule has 0 rings (SSSR count). The summed E-state index contributed by atoms with van der Waals surface area (Å²) < 4.78 is 0. The summed E-state index contributed by atoms with van der Waals surface area (Å²) in [5.74, 6) is 0. The molecule has 0 aromatic rings. The molecule has 2 N–H and O–H groups in total. The van der Waals surface area contributed by atoms with Gasteiger partial charge in [0.05, 0.1) is 0 Å². The average Bonchev–Trinajstić information content (AvgIpc) is 1.86. The van der Waals surface area contributed by atoms with Gasteiger partial charge in [0.1, 0.15) is 0 Å². The van der Waals surface area contributed by atoms with Crippen LogP contribution in [0.5, 0.6) is 0 Å². The predicted molar refractivity (Wildman–Crippen MR) is 42.0 cm³/mol. The van der Waals surface area contributed by atoms with Gasteiger partial charge in [-0.05, 0) is 13.8 Å². The summed E-state index contributed by atoms with van der Waals surface area (Å²) in [6.45, 7) is 4.08. The third-order valence-corrected chi connectivity index (χ3v) is 0.932. The lowest BCUT2D eigenvalue weighted by Gasteiger charge is -2.08. The van der Waals surface area contributed by atoms with Crippen molar-refractivity contribution in [3.63, 3.8) is 0 Å². The number of urea groups is 1. The minimum absolute atomic E-state index is 0.121. The lowest BCUT2D eigenvalue weighted by atomic mass is 10.4. The van der Waals surface area contributed by atoms with Gasteiger partial charge < -0.3 is 10.6 Å². The van der Waals surface area contributed by atoms with Gasteiger partial charge in [0.15, 0.2) is 6.29 Å². The Morgan fingerprint density at radius 3 is 2.64 bits per heavy atom. The van der Waals surface area contributed by atoms with E-state index in [1.165, 1.54) is 0 Å². The highest BCUT2D eigenvalue weighted by molar-refractivity contribution is 5.74. The maximum atomic E-state index is 10.8. The van der Waals surface area contributed by atoms with Crippen LogP contribution in [-0.2, 0) is 4.79 Å². The van der Waals surface area contributed by atoms with E-state index in [9.17, 15) is 9.59 Å².